The van der Waals surface area contributed by atoms with Crippen molar-refractivity contribution in [1.82, 2.24) is 4.57 Å². The first-order valence-electron chi connectivity index (χ1n) is 10.0. The number of thiazole rings is 1. The highest BCUT2D eigenvalue weighted by Crippen LogP contribution is 2.29. The number of rotatable bonds is 7. The summed E-state index contributed by atoms with van der Waals surface area (Å²) in [5.74, 6) is 0.723. The summed E-state index contributed by atoms with van der Waals surface area (Å²) >= 11 is 3.05. The second-order valence-corrected chi connectivity index (χ2v) is 8.83. The Labute approximate surface area is 192 Å². The van der Waals surface area contributed by atoms with Crippen molar-refractivity contribution in [2.75, 3.05) is 25.7 Å². The lowest BCUT2D eigenvalue weighted by atomic mass is 10.2. The number of carbonyl (C=O) groups excluding carboxylic acids is 2. The smallest absolute Gasteiger partial charge is 0.337 e. The molecule has 2 heterocycles. The van der Waals surface area contributed by atoms with Gasteiger partial charge in [0, 0.05) is 17.7 Å². The van der Waals surface area contributed by atoms with Crippen molar-refractivity contribution >= 4 is 56.2 Å². The molecule has 0 aliphatic rings. The lowest BCUT2D eigenvalue weighted by Gasteiger charge is -2.04. The van der Waals surface area contributed by atoms with E-state index >= 15 is 0 Å². The maximum Gasteiger partial charge on any atom is 0.337 e. The zero-order valence-corrected chi connectivity index (χ0v) is 19.5. The number of furan rings is 1. The number of fused-ring (bicyclic) bond motifs is 2. The third kappa shape index (κ3) is 4.31. The molecule has 2 aromatic carbocycles. The molecule has 2 aromatic heterocycles. The lowest BCUT2D eigenvalue weighted by Crippen LogP contribution is -2.18. The van der Waals surface area contributed by atoms with Crippen molar-refractivity contribution in [3.63, 3.8) is 0 Å². The van der Waals surface area contributed by atoms with Crippen molar-refractivity contribution < 1.29 is 23.5 Å². The van der Waals surface area contributed by atoms with Gasteiger partial charge >= 0.3 is 11.9 Å². The van der Waals surface area contributed by atoms with Crippen LogP contribution in [0.3, 0.4) is 0 Å². The zero-order valence-electron chi connectivity index (χ0n) is 17.9. The molecular formula is C23H22N2O5S2. The SMILES string of the molecule is CCOc1cccc2cc(C(=O)N=c3sc4cc(C(=O)OC)ccc4n3CCSC)oc12. The summed E-state index contributed by atoms with van der Waals surface area (Å²) in [7, 11) is 1.35. The predicted octanol–water partition coefficient (Wildman–Crippen LogP) is 4.74. The van der Waals surface area contributed by atoms with Gasteiger partial charge in [0.05, 0.1) is 29.5 Å². The van der Waals surface area contributed by atoms with Crippen LogP contribution < -0.4 is 9.54 Å². The van der Waals surface area contributed by atoms with Gasteiger partial charge in [-0.2, -0.15) is 16.8 Å². The van der Waals surface area contributed by atoms with Gasteiger partial charge < -0.3 is 18.5 Å². The first-order chi connectivity index (χ1) is 15.5. The minimum Gasteiger partial charge on any atom is -0.490 e. The predicted molar refractivity (Wildman–Crippen MR) is 127 cm³/mol. The molecule has 1 amide bonds. The van der Waals surface area contributed by atoms with Gasteiger partial charge in [0.25, 0.3) is 0 Å². The number of thioether (sulfide) groups is 1. The van der Waals surface area contributed by atoms with E-state index in [-0.39, 0.29) is 5.76 Å². The number of methoxy groups -OCH3 is 1. The van der Waals surface area contributed by atoms with Gasteiger partial charge in [-0.15, -0.1) is 0 Å². The standard InChI is InChI=1S/C23H22N2O5S2/c1-4-29-17-7-5-6-14-12-18(30-20(14)17)21(26)24-23-25(10-11-31-3)16-9-8-15(22(27)28-2)13-19(16)32-23/h5-9,12-13H,4,10-11H2,1-3H3. The fourth-order valence-electron chi connectivity index (χ4n) is 3.35. The molecule has 0 saturated carbocycles. The first kappa shape index (κ1) is 22.2. The molecule has 4 aromatic rings. The van der Waals surface area contributed by atoms with E-state index in [0.29, 0.717) is 34.8 Å². The number of esters is 1. The van der Waals surface area contributed by atoms with Crippen molar-refractivity contribution in [2.24, 2.45) is 4.99 Å². The number of carbonyl (C=O) groups is 2. The molecule has 0 atom stereocenters. The van der Waals surface area contributed by atoms with Crippen LogP contribution in [0, 0.1) is 0 Å². The van der Waals surface area contributed by atoms with Gasteiger partial charge in [-0.1, -0.05) is 23.5 Å². The van der Waals surface area contributed by atoms with Crippen molar-refractivity contribution in [3.8, 4) is 5.75 Å². The van der Waals surface area contributed by atoms with Gasteiger partial charge in [-0.3, -0.25) is 4.79 Å². The minimum absolute atomic E-state index is 0.149. The molecule has 9 heteroatoms. The fourth-order valence-corrected chi connectivity index (χ4v) is 4.81. The Morgan fingerprint density at radius 3 is 2.81 bits per heavy atom. The van der Waals surface area contributed by atoms with E-state index < -0.39 is 11.9 Å². The van der Waals surface area contributed by atoms with Crippen LogP contribution in [0.1, 0.15) is 27.8 Å². The number of para-hydroxylation sites is 1. The van der Waals surface area contributed by atoms with Gasteiger partial charge in [0.1, 0.15) is 0 Å². The van der Waals surface area contributed by atoms with Crippen LogP contribution >= 0.6 is 23.1 Å². The highest BCUT2D eigenvalue weighted by molar-refractivity contribution is 7.98. The van der Waals surface area contributed by atoms with Crippen molar-refractivity contribution in [1.29, 1.82) is 0 Å². The largest absolute Gasteiger partial charge is 0.490 e. The van der Waals surface area contributed by atoms with Crippen molar-refractivity contribution in [3.05, 3.63) is 58.6 Å². The number of hydrogen-bond acceptors (Lipinski definition) is 7. The van der Waals surface area contributed by atoms with E-state index in [1.54, 1.807) is 30.0 Å². The van der Waals surface area contributed by atoms with Crippen LogP contribution in [0.5, 0.6) is 5.75 Å². The number of aromatic nitrogens is 1. The molecule has 32 heavy (non-hydrogen) atoms. The van der Waals surface area contributed by atoms with E-state index in [2.05, 4.69) is 4.99 Å². The van der Waals surface area contributed by atoms with Crippen LogP contribution in [0.25, 0.3) is 21.2 Å². The van der Waals surface area contributed by atoms with Gasteiger partial charge in [-0.05, 0) is 43.5 Å². The van der Waals surface area contributed by atoms with Crippen LogP contribution in [-0.2, 0) is 11.3 Å². The van der Waals surface area contributed by atoms with Gasteiger partial charge in [0.15, 0.2) is 21.9 Å². The normalized spacial score (nSPS) is 11.9. The Bertz CT molecular complexity index is 1370. The monoisotopic (exact) mass is 470 g/mol. The van der Waals surface area contributed by atoms with E-state index in [4.69, 9.17) is 13.9 Å². The Balaban J connectivity index is 1.79. The van der Waals surface area contributed by atoms with E-state index in [9.17, 15) is 9.59 Å². The summed E-state index contributed by atoms with van der Waals surface area (Å²) in [6.07, 6.45) is 2.02. The van der Waals surface area contributed by atoms with E-state index in [1.165, 1.54) is 18.4 Å². The molecule has 0 N–H and O–H groups in total. The average Bonchev–Trinajstić information content (AvgIpc) is 3.38. The first-order valence-corrected chi connectivity index (χ1v) is 12.2. The average molecular weight is 471 g/mol. The highest BCUT2D eigenvalue weighted by Gasteiger charge is 2.16. The van der Waals surface area contributed by atoms with Crippen LogP contribution in [0.4, 0.5) is 0 Å². The topological polar surface area (TPSA) is 83.0 Å². The second kappa shape index (κ2) is 9.62. The maximum absolute atomic E-state index is 13.0. The molecular weight excluding hydrogens is 448 g/mol. The molecule has 0 radical (unpaired) electrons. The Hall–Kier alpha value is -3.04. The summed E-state index contributed by atoms with van der Waals surface area (Å²) in [4.78, 5) is 29.8. The Morgan fingerprint density at radius 2 is 2.06 bits per heavy atom. The molecule has 0 bridgehead atoms. The lowest BCUT2D eigenvalue weighted by molar-refractivity contribution is 0.0600. The number of benzene rings is 2. The summed E-state index contributed by atoms with van der Waals surface area (Å²) in [6.45, 7) is 3.07. The molecule has 4 rings (SSSR count). The number of aryl methyl sites for hydroxylation is 1. The number of hydrogen-bond donors (Lipinski definition) is 0. The van der Waals surface area contributed by atoms with Gasteiger partial charge in [-0.25, -0.2) is 4.79 Å². The highest BCUT2D eigenvalue weighted by atomic mass is 32.2. The Kier molecular flexibility index (Phi) is 6.66. The molecule has 7 nitrogen and oxygen atoms in total. The second-order valence-electron chi connectivity index (χ2n) is 6.84. The summed E-state index contributed by atoms with van der Waals surface area (Å²) in [5.41, 5.74) is 1.89. The number of amides is 1. The van der Waals surface area contributed by atoms with Gasteiger partial charge in [0.2, 0.25) is 0 Å². The molecule has 0 saturated heterocycles. The summed E-state index contributed by atoms with van der Waals surface area (Å²) in [5, 5.41) is 0.781. The summed E-state index contributed by atoms with van der Waals surface area (Å²) < 4.78 is 19.1. The van der Waals surface area contributed by atoms with Crippen LogP contribution in [0.2, 0.25) is 0 Å². The van der Waals surface area contributed by atoms with Crippen LogP contribution in [-0.4, -0.2) is 42.2 Å². The van der Waals surface area contributed by atoms with E-state index in [1.807, 2.05) is 42.0 Å². The van der Waals surface area contributed by atoms with E-state index in [0.717, 1.165) is 21.4 Å². The number of ether oxygens (including phenoxy) is 2. The van der Waals surface area contributed by atoms with Crippen LogP contribution in [0.15, 0.2) is 51.9 Å². The molecule has 0 unspecified atom stereocenters. The minimum atomic E-state index is -0.471. The molecule has 0 spiro atoms. The quantitative estimate of drug-likeness (QED) is 0.363. The molecule has 0 aliphatic heterocycles. The Morgan fingerprint density at radius 1 is 1.22 bits per heavy atom. The fraction of sp³-hybridized carbons (Fsp3) is 0.261. The molecule has 166 valence electrons. The van der Waals surface area contributed by atoms with Crippen molar-refractivity contribution in [2.45, 2.75) is 13.5 Å². The zero-order chi connectivity index (χ0) is 22.7. The number of nitrogens with zero attached hydrogens (tertiary/aromatic N) is 2. The maximum atomic E-state index is 13.0. The molecule has 0 fully saturated rings. The summed E-state index contributed by atoms with van der Waals surface area (Å²) in [6, 6.07) is 12.6. The third-order valence-electron chi connectivity index (χ3n) is 4.84. The third-order valence-corrected chi connectivity index (χ3v) is 6.47. The molecule has 0 aliphatic carbocycles.